The minimum Gasteiger partial charge on any atom is -0.326 e. The Morgan fingerprint density at radius 2 is 2.12 bits per heavy atom. The third-order valence-corrected chi connectivity index (χ3v) is 5.75. The van der Waals surface area contributed by atoms with Gasteiger partial charge in [0.15, 0.2) is 5.16 Å². The van der Waals surface area contributed by atoms with Gasteiger partial charge in [0, 0.05) is 33.7 Å². The first-order valence-electron chi connectivity index (χ1n) is 7.79. The first-order valence-corrected chi connectivity index (χ1v) is 9.57. The van der Waals surface area contributed by atoms with Crippen LogP contribution < -0.4 is 10.9 Å². The van der Waals surface area contributed by atoms with Gasteiger partial charge in [-0.2, -0.15) is 0 Å². The van der Waals surface area contributed by atoms with Crippen LogP contribution in [0.5, 0.6) is 0 Å². The molecule has 3 rings (SSSR count). The van der Waals surface area contributed by atoms with Crippen molar-refractivity contribution < 1.29 is 4.79 Å². The van der Waals surface area contributed by atoms with Gasteiger partial charge in [-0.25, -0.2) is 4.98 Å². The molecule has 0 spiro atoms. The maximum absolute atomic E-state index is 12.6. The van der Waals surface area contributed by atoms with Crippen LogP contribution in [-0.2, 0) is 17.8 Å². The van der Waals surface area contributed by atoms with Crippen LogP contribution >= 0.6 is 27.7 Å². The minimum atomic E-state index is -0.252. The number of amides is 1. The molecule has 7 heteroatoms. The Morgan fingerprint density at radius 1 is 1.42 bits per heavy atom. The van der Waals surface area contributed by atoms with Crippen molar-refractivity contribution in [1.29, 1.82) is 0 Å². The van der Waals surface area contributed by atoms with Crippen LogP contribution in [0, 0.1) is 12.8 Å². The number of carbonyl (C=O) groups excluding carboxylic acids is 1. The molecule has 5 nitrogen and oxygen atoms in total. The minimum absolute atomic E-state index is 0.0198. The summed E-state index contributed by atoms with van der Waals surface area (Å²) in [5.74, 6) is 0.304. The van der Waals surface area contributed by atoms with Gasteiger partial charge >= 0.3 is 0 Å². The number of thioether (sulfide) groups is 1. The van der Waals surface area contributed by atoms with Crippen molar-refractivity contribution >= 4 is 39.3 Å². The molecule has 0 bridgehead atoms. The van der Waals surface area contributed by atoms with Crippen LogP contribution in [0.4, 0.5) is 5.69 Å². The van der Waals surface area contributed by atoms with Crippen LogP contribution in [0.25, 0.3) is 0 Å². The van der Waals surface area contributed by atoms with Crippen molar-refractivity contribution in [2.24, 2.45) is 5.92 Å². The van der Waals surface area contributed by atoms with E-state index < -0.39 is 0 Å². The number of carbonyl (C=O) groups is 1. The Hall–Kier alpha value is -1.60. The van der Waals surface area contributed by atoms with E-state index in [9.17, 15) is 9.59 Å². The lowest BCUT2D eigenvalue weighted by Crippen LogP contribution is -2.38. The zero-order valence-electron chi connectivity index (χ0n) is 13.5. The molecule has 0 saturated heterocycles. The maximum Gasteiger partial charge on any atom is 0.257 e. The SMILES string of the molecule is CCc1c(C)nc2n(c1=O)CC(C(=O)Nc1ccc(Br)cc1)CS2. The average molecular weight is 408 g/mol. The summed E-state index contributed by atoms with van der Waals surface area (Å²) in [6.07, 6.45) is 0.651. The number of aryl methyl sites for hydroxylation is 1. The molecule has 1 aliphatic heterocycles. The Balaban J connectivity index is 1.80. The van der Waals surface area contributed by atoms with Crippen molar-refractivity contribution in [2.75, 3.05) is 11.1 Å². The summed E-state index contributed by atoms with van der Waals surface area (Å²) in [5, 5.41) is 3.63. The summed E-state index contributed by atoms with van der Waals surface area (Å²) in [5.41, 5.74) is 2.25. The predicted octanol–water partition coefficient (Wildman–Crippen LogP) is 3.24. The third-order valence-electron chi connectivity index (χ3n) is 4.09. The third kappa shape index (κ3) is 3.42. The Kier molecular flexibility index (Phi) is 5.10. The van der Waals surface area contributed by atoms with Gasteiger partial charge in [0.25, 0.3) is 5.56 Å². The molecule has 0 radical (unpaired) electrons. The highest BCUT2D eigenvalue weighted by atomic mass is 79.9. The molecule has 1 atom stereocenters. The van der Waals surface area contributed by atoms with E-state index in [4.69, 9.17) is 0 Å². The number of aromatic nitrogens is 2. The van der Waals surface area contributed by atoms with Crippen LogP contribution in [0.3, 0.4) is 0 Å². The number of halogens is 1. The zero-order valence-corrected chi connectivity index (χ0v) is 15.9. The number of hydrogen-bond donors (Lipinski definition) is 1. The lowest BCUT2D eigenvalue weighted by Gasteiger charge is -2.25. The number of hydrogen-bond acceptors (Lipinski definition) is 4. The van der Waals surface area contributed by atoms with Gasteiger partial charge in [-0.3, -0.25) is 14.2 Å². The lowest BCUT2D eigenvalue weighted by atomic mass is 10.1. The van der Waals surface area contributed by atoms with Gasteiger partial charge < -0.3 is 5.32 Å². The average Bonchev–Trinajstić information content (AvgIpc) is 2.57. The second-order valence-electron chi connectivity index (χ2n) is 5.73. The molecule has 24 heavy (non-hydrogen) atoms. The molecule has 2 heterocycles. The van der Waals surface area contributed by atoms with E-state index in [0.29, 0.717) is 23.9 Å². The van der Waals surface area contributed by atoms with Gasteiger partial charge in [-0.1, -0.05) is 34.6 Å². The van der Waals surface area contributed by atoms with Crippen LogP contribution in [-0.4, -0.2) is 21.2 Å². The van der Waals surface area contributed by atoms with Crippen molar-refractivity contribution in [3.05, 3.63) is 50.3 Å². The second kappa shape index (κ2) is 7.11. The molecule has 1 amide bonds. The fraction of sp³-hybridized carbons (Fsp3) is 0.353. The van der Waals surface area contributed by atoms with E-state index >= 15 is 0 Å². The number of benzene rings is 1. The van der Waals surface area contributed by atoms with Gasteiger partial charge in [0.05, 0.1) is 5.92 Å². The standard InChI is InChI=1S/C17H18BrN3O2S/c1-3-14-10(2)19-17-21(16(14)23)8-11(9-24-17)15(22)20-13-6-4-12(18)5-7-13/h4-7,11H,3,8-9H2,1-2H3,(H,20,22). The van der Waals surface area contributed by atoms with E-state index in [1.165, 1.54) is 11.8 Å². The summed E-state index contributed by atoms with van der Waals surface area (Å²) in [6, 6.07) is 7.45. The van der Waals surface area contributed by atoms with Crippen molar-refractivity contribution in [3.63, 3.8) is 0 Å². The molecular weight excluding hydrogens is 390 g/mol. The normalized spacial score (nSPS) is 16.5. The van der Waals surface area contributed by atoms with E-state index in [1.54, 1.807) is 4.57 Å². The molecule has 0 aliphatic carbocycles. The lowest BCUT2D eigenvalue weighted by molar-refractivity contribution is -0.119. The van der Waals surface area contributed by atoms with Crippen LogP contribution in [0.1, 0.15) is 18.2 Å². The molecule has 1 unspecified atom stereocenters. The summed E-state index contributed by atoms with van der Waals surface area (Å²) in [7, 11) is 0. The molecule has 0 saturated carbocycles. The van der Waals surface area contributed by atoms with E-state index in [-0.39, 0.29) is 17.4 Å². The first kappa shape index (κ1) is 17.2. The van der Waals surface area contributed by atoms with Crippen LogP contribution in [0.15, 0.2) is 38.7 Å². The Labute approximate surface area is 153 Å². The number of rotatable bonds is 3. The molecular formula is C17H18BrN3O2S. The highest BCUT2D eigenvalue weighted by molar-refractivity contribution is 9.10. The fourth-order valence-corrected chi connectivity index (χ4v) is 4.12. The van der Waals surface area contributed by atoms with Gasteiger partial charge in [0.2, 0.25) is 5.91 Å². The highest BCUT2D eigenvalue weighted by Crippen LogP contribution is 2.27. The van der Waals surface area contributed by atoms with Crippen LogP contribution in [0.2, 0.25) is 0 Å². The van der Waals surface area contributed by atoms with Gasteiger partial charge in [0.1, 0.15) is 0 Å². The topological polar surface area (TPSA) is 64.0 Å². The predicted molar refractivity (Wildman–Crippen MR) is 99.6 cm³/mol. The number of nitrogens with zero attached hydrogens (tertiary/aromatic N) is 2. The maximum atomic E-state index is 12.6. The number of nitrogens with one attached hydrogen (secondary N) is 1. The summed E-state index contributed by atoms with van der Waals surface area (Å²) < 4.78 is 2.61. The summed E-state index contributed by atoms with van der Waals surface area (Å²) >= 11 is 4.84. The first-order chi connectivity index (χ1) is 11.5. The highest BCUT2D eigenvalue weighted by Gasteiger charge is 2.28. The summed E-state index contributed by atoms with van der Waals surface area (Å²) in [4.78, 5) is 29.6. The van der Waals surface area contributed by atoms with Crippen molar-refractivity contribution in [2.45, 2.75) is 32.0 Å². The monoisotopic (exact) mass is 407 g/mol. The zero-order chi connectivity index (χ0) is 17.3. The molecule has 1 aliphatic rings. The Morgan fingerprint density at radius 3 is 2.79 bits per heavy atom. The van der Waals surface area contributed by atoms with E-state index in [2.05, 4.69) is 26.2 Å². The smallest absolute Gasteiger partial charge is 0.257 e. The van der Waals surface area contributed by atoms with E-state index in [1.807, 2.05) is 38.1 Å². The van der Waals surface area contributed by atoms with Crippen molar-refractivity contribution in [1.82, 2.24) is 9.55 Å². The molecule has 2 aromatic rings. The quantitative estimate of drug-likeness (QED) is 0.793. The molecule has 0 fully saturated rings. The number of fused-ring (bicyclic) bond motifs is 1. The summed E-state index contributed by atoms with van der Waals surface area (Å²) in [6.45, 7) is 4.20. The molecule has 126 valence electrons. The molecule has 1 aromatic heterocycles. The van der Waals surface area contributed by atoms with Crippen molar-refractivity contribution in [3.8, 4) is 0 Å². The number of anilines is 1. The fourth-order valence-electron chi connectivity index (χ4n) is 2.74. The molecule has 1 N–H and O–H groups in total. The largest absolute Gasteiger partial charge is 0.326 e. The Bertz CT molecular complexity index is 833. The van der Waals surface area contributed by atoms with E-state index in [0.717, 1.165) is 21.4 Å². The second-order valence-corrected chi connectivity index (χ2v) is 7.63. The van der Waals surface area contributed by atoms with Gasteiger partial charge in [-0.05, 0) is 37.6 Å². The van der Waals surface area contributed by atoms with Gasteiger partial charge in [-0.15, -0.1) is 0 Å². The molecule has 1 aromatic carbocycles.